The molecule has 1 saturated heterocycles. The summed E-state index contributed by atoms with van der Waals surface area (Å²) in [6.07, 6.45) is 0.685. The molecular formula is C24H25NO3. The maximum absolute atomic E-state index is 6.27. The van der Waals surface area contributed by atoms with Crippen LogP contribution in [0.15, 0.2) is 66.7 Å². The molecule has 28 heavy (non-hydrogen) atoms. The molecule has 2 heterocycles. The molecule has 3 aromatic rings. The van der Waals surface area contributed by atoms with Gasteiger partial charge in [-0.2, -0.15) is 0 Å². The lowest BCUT2D eigenvalue weighted by Gasteiger charge is -2.38. The molecule has 2 aliphatic heterocycles. The number of fused-ring (bicyclic) bond motifs is 3. The van der Waals surface area contributed by atoms with Crippen LogP contribution >= 0.6 is 0 Å². The summed E-state index contributed by atoms with van der Waals surface area (Å²) in [4.78, 5) is 0. The average Bonchev–Trinajstić information content (AvgIpc) is 3.20. The van der Waals surface area contributed by atoms with Gasteiger partial charge in [-0.25, -0.2) is 0 Å². The van der Waals surface area contributed by atoms with Gasteiger partial charge in [0.1, 0.15) is 11.9 Å². The van der Waals surface area contributed by atoms with E-state index in [-0.39, 0.29) is 12.1 Å². The third kappa shape index (κ3) is 3.08. The van der Waals surface area contributed by atoms with Gasteiger partial charge in [0.2, 0.25) is 5.79 Å². The predicted octanol–water partition coefficient (Wildman–Crippen LogP) is 4.54. The van der Waals surface area contributed by atoms with Gasteiger partial charge in [-0.05, 0) is 35.4 Å². The quantitative estimate of drug-likeness (QED) is 0.727. The van der Waals surface area contributed by atoms with E-state index in [1.165, 1.54) is 16.3 Å². The number of benzene rings is 3. The monoisotopic (exact) mass is 375 g/mol. The summed E-state index contributed by atoms with van der Waals surface area (Å²) in [6, 6.07) is 23.3. The number of nitrogens with one attached hydrogen (secondary N) is 1. The van der Waals surface area contributed by atoms with E-state index >= 15 is 0 Å². The molecular weight excluding hydrogens is 350 g/mol. The van der Waals surface area contributed by atoms with Gasteiger partial charge < -0.3 is 19.5 Å². The molecule has 4 nitrogen and oxygen atoms in total. The highest BCUT2D eigenvalue weighted by atomic mass is 16.7. The van der Waals surface area contributed by atoms with Crippen LogP contribution in [0.25, 0.3) is 10.8 Å². The van der Waals surface area contributed by atoms with Crippen molar-refractivity contribution >= 4 is 10.8 Å². The van der Waals surface area contributed by atoms with E-state index in [1.807, 2.05) is 24.3 Å². The van der Waals surface area contributed by atoms with Crippen LogP contribution in [0, 0.1) is 0 Å². The Morgan fingerprint density at radius 2 is 1.71 bits per heavy atom. The fraction of sp³-hybridized carbons (Fsp3) is 0.333. The van der Waals surface area contributed by atoms with Crippen LogP contribution in [0.5, 0.6) is 5.75 Å². The van der Waals surface area contributed by atoms with E-state index < -0.39 is 5.79 Å². The number of ether oxygens (including phenoxy) is 3. The van der Waals surface area contributed by atoms with Crippen molar-refractivity contribution in [1.29, 1.82) is 0 Å². The number of hydrogen-bond acceptors (Lipinski definition) is 4. The molecule has 0 amide bonds. The smallest absolute Gasteiger partial charge is 0.202 e. The molecule has 0 aromatic heterocycles. The van der Waals surface area contributed by atoms with Crippen molar-refractivity contribution in [2.75, 3.05) is 19.8 Å². The van der Waals surface area contributed by atoms with Gasteiger partial charge in [0, 0.05) is 19.0 Å². The molecule has 0 aliphatic carbocycles. The van der Waals surface area contributed by atoms with Gasteiger partial charge in [-0.1, -0.05) is 54.6 Å². The van der Waals surface area contributed by atoms with Gasteiger partial charge in [0.25, 0.3) is 0 Å². The third-order valence-corrected chi connectivity index (χ3v) is 5.78. The molecule has 5 rings (SSSR count). The first-order valence-electron chi connectivity index (χ1n) is 10.0. The first kappa shape index (κ1) is 17.7. The minimum absolute atomic E-state index is 0.00886. The second-order valence-electron chi connectivity index (χ2n) is 7.59. The zero-order valence-corrected chi connectivity index (χ0v) is 16.1. The van der Waals surface area contributed by atoms with Crippen LogP contribution in [0.2, 0.25) is 0 Å². The van der Waals surface area contributed by atoms with Crippen LogP contribution in [0.4, 0.5) is 0 Å². The van der Waals surface area contributed by atoms with Gasteiger partial charge in [-0.15, -0.1) is 0 Å². The van der Waals surface area contributed by atoms with Crippen molar-refractivity contribution in [3.8, 4) is 5.75 Å². The summed E-state index contributed by atoms with van der Waals surface area (Å²) in [7, 11) is 0. The fourth-order valence-corrected chi connectivity index (χ4v) is 4.40. The molecule has 2 aliphatic rings. The highest BCUT2D eigenvalue weighted by molar-refractivity contribution is 5.86. The zero-order valence-electron chi connectivity index (χ0n) is 16.1. The van der Waals surface area contributed by atoms with E-state index in [2.05, 4.69) is 54.7 Å². The van der Waals surface area contributed by atoms with Crippen molar-refractivity contribution in [2.24, 2.45) is 0 Å². The molecule has 1 N–H and O–H groups in total. The Kier molecular flexibility index (Phi) is 4.55. The van der Waals surface area contributed by atoms with Gasteiger partial charge >= 0.3 is 0 Å². The minimum atomic E-state index is -0.663. The van der Waals surface area contributed by atoms with Crippen LogP contribution in [0.1, 0.15) is 30.5 Å². The summed E-state index contributed by atoms with van der Waals surface area (Å²) in [5, 5.41) is 6.22. The average molecular weight is 375 g/mol. The third-order valence-electron chi connectivity index (χ3n) is 5.78. The van der Waals surface area contributed by atoms with Crippen LogP contribution in [-0.4, -0.2) is 25.9 Å². The van der Waals surface area contributed by atoms with Crippen LogP contribution in [0.3, 0.4) is 0 Å². The number of hydrogen-bond donors (Lipinski definition) is 1. The summed E-state index contributed by atoms with van der Waals surface area (Å²) < 4.78 is 18.4. The van der Waals surface area contributed by atoms with Gasteiger partial charge in [0.15, 0.2) is 0 Å². The largest absolute Gasteiger partial charge is 0.488 e. The summed E-state index contributed by atoms with van der Waals surface area (Å²) in [6.45, 7) is 4.19. The maximum atomic E-state index is 6.27. The summed E-state index contributed by atoms with van der Waals surface area (Å²) in [5.74, 6) is 0.199. The first-order chi connectivity index (χ1) is 13.8. The molecule has 1 fully saturated rings. The Morgan fingerprint density at radius 3 is 2.61 bits per heavy atom. The highest BCUT2D eigenvalue weighted by Gasteiger charge is 2.46. The van der Waals surface area contributed by atoms with Crippen molar-refractivity contribution in [2.45, 2.75) is 31.3 Å². The predicted molar refractivity (Wildman–Crippen MR) is 109 cm³/mol. The molecule has 0 unspecified atom stereocenters. The van der Waals surface area contributed by atoms with Gasteiger partial charge in [-0.3, -0.25) is 0 Å². The second-order valence-corrected chi connectivity index (χ2v) is 7.59. The summed E-state index contributed by atoms with van der Waals surface area (Å²) in [5.41, 5.74) is 2.31. The van der Waals surface area contributed by atoms with E-state index in [0.29, 0.717) is 19.6 Å². The first-order valence-corrected chi connectivity index (χ1v) is 10.0. The molecule has 0 bridgehead atoms. The van der Waals surface area contributed by atoms with Crippen molar-refractivity contribution in [3.05, 3.63) is 77.9 Å². The second kappa shape index (κ2) is 7.21. The van der Waals surface area contributed by atoms with Crippen molar-refractivity contribution < 1.29 is 14.2 Å². The molecule has 2 atom stereocenters. The minimum Gasteiger partial charge on any atom is -0.488 e. The standard InChI is InChI=1S/C24H25NO3/c1-17(20-10-6-8-18-7-2-3-9-21(18)20)25-16-19-15-24(26-13-14-27-24)22-11-4-5-12-23(22)28-19/h2-12,17,19,25H,13-16H2,1H3/t17-,19-/m1/s1. The van der Waals surface area contributed by atoms with Crippen LogP contribution in [-0.2, 0) is 15.3 Å². The normalized spacial score (nSPS) is 21.4. The Bertz CT molecular complexity index is 975. The molecule has 144 valence electrons. The maximum Gasteiger partial charge on any atom is 0.202 e. The lowest BCUT2D eigenvalue weighted by molar-refractivity contribution is -0.194. The Balaban J connectivity index is 1.34. The van der Waals surface area contributed by atoms with E-state index in [9.17, 15) is 0 Å². The van der Waals surface area contributed by atoms with E-state index in [4.69, 9.17) is 14.2 Å². The molecule has 3 aromatic carbocycles. The highest BCUT2D eigenvalue weighted by Crippen LogP contribution is 2.44. The lowest BCUT2D eigenvalue weighted by Crippen LogP contribution is -2.44. The SMILES string of the molecule is C[C@@H](NC[C@H]1CC2(OCCO2)c2ccccc2O1)c1cccc2ccccc12. The summed E-state index contributed by atoms with van der Waals surface area (Å²) >= 11 is 0. The molecule has 0 radical (unpaired) electrons. The van der Waals surface area contributed by atoms with Crippen molar-refractivity contribution in [1.82, 2.24) is 5.32 Å². The fourth-order valence-electron chi connectivity index (χ4n) is 4.40. The Morgan fingerprint density at radius 1 is 0.964 bits per heavy atom. The van der Waals surface area contributed by atoms with Crippen molar-refractivity contribution in [3.63, 3.8) is 0 Å². The Labute approximate surface area is 165 Å². The van der Waals surface area contributed by atoms with E-state index in [0.717, 1.165) is 17.9 Å². The molecule has 1 spiro atoms. The zero-order chi connectivity index (χ0) is 19.0. The lowest BCUT2D eigenvalue weighted by atomic mass is 9.94. The topological polar surface area (TPSA) is 39.7 Å². The number of rotatable bonds is 4. The molecule has 4 heteroatoms. The van der Waals surface area contributed by atoms with Crippen LogP contribution < -0.4 is 10.1 Å². The van der Waals surface area contributed by atoms with Gasteiger partial charge in [0.05, 0.1) is 18.8 Å². The van der Waals surface area contributed by atoms with E-state index in [1.54, 1.807) is 0 Å². The molecule has 0 saturated carbocycles. The number of para-hydroxylation sites is 1. The Hall–Kier alpha value is -2.40.